The molecule has 0 spiro atoms. The van der Waals surface area contributed by atoms with Gasteiger partial charge in [0.2, 0.25) is 5.91 Å². The minimum absolute atomic E-state index is 0. The van der Waals surface area contributed by atoms with Gasteiger partial charge in [-0.15, -0.1) is 24.0 Å². The Kier molecular flexibility index (Phi) is 11.7. The maximum atomic E-state index is 12.1. The number of nitrogens with one attached hydrogen (secondary N) is 2. The van der Waals surface area contributed by atoms with Gasteiger partial charge >= 0.3 is 0 Å². The Labute approximate surface area is 177 Å². The molecule has 2 fully saturated rings. The van der Waals surface area contributed by atoms with Crippen molar-refractivity contribution < 1.29 is 9.00 Å². The lowest BCUT2D eigenvalue weighted by Gasteiger charge is -2.30. The number of hydrogen-bond acceptors (Lipinski definition) is 3. The second-order valence-corrected chi connectivity index (χ2v) is 8.90. The first-order valence-corrected chi connectivity index (χ1v) is 11.2. The predicted octanol–water partition coefficient (Wildman–Crippen LogP) is 2.25. The Bertz CT molecular complexity index is 490. The molecule has 3 atom stereocenters. The summed E-state index contributed by atoms with van der Waals surface area (Å²) in [5.41, 5.74) is 0. The van der Waals surface area contributed by atoms with E-state index < -0.39 is 10.8 Å². The number of hydrogen-bond donors (Lipinski definition) is 2. The first kappa shape index (κ1) is 23.7. The summed E-state index contributed by atoms with van der Waals surface area (Å²) in [4.78, 5) is 18.2. The van der Waals surface area contributed by atoms with Gasteiger partial charge in [0.25, 0.3) is 0 Å². The fraction of sp³-hybridized carbons (Fsp3) is 0.889. The number of carbonyl (C=O) groups is 1. The first-order valence-electron chi connectivity index (χ1n) is 9.83. The smallest absolute Gasteiger partial charge is 0.222 e. The summed E-state index contributed by atoms with van der Waals surface area (Å²) in [5, 5.41) is 7.15. The van der Waals surface area contributed by atoms with E-state index in [0.29, 0.717) is 17.7 Å². The van der Waals surface area contributed by atoms with Gasteiger partial charge in [0, 0.05) is 60.4 Å². The van der Waals surface area contributed by atoms with Crippen LogP contribution in [0, 0.1) is 0 Å². The summed E-state index contributed by atoms with van der Waals surface area (Å²) in [6.07, 6.45) is 6.89. The average Bonchev–Trinajstić information content (AvgIpc) is 3.03. The molecule has 6 nitrogen and oxygen atoms in total. The highest BCUT2D eigenvalue weighted by atomic mass is 127. The van der Waals surface area contributed by atoms with E-state index in [1.807, 2.05) is 11.8 Å². The average molecular weight is 498 g/mol. The van der Waals surface area contributed by atoms with Crippen molar-refractivity contribution in [1.29, 1.82) is 0 Å². The third kappa shape index (κ3) is 7.70. The van der Waals surface area contributed by atoms with Crippen molar-refractivity contribution in [3.8, 4) is 0 Å². The molecule has 1 aliphatic heterocycles. The van der Waals surface area contributed by atoms with Gasteiger partial charge < -0.3 is 15.5 Å². The molecule has 3 unspecified atom stereocenters. The van der Waals surface area contributed by atoms with Crippen molar-refractivity contribution in [2.75, 3.05) is 31.9 Å². The zero-order valence-corrected chi connectivity index (χ0v) is 19.3. The molecule has 2 rings (SSSR count). The summed E-state index contributed by atoms with van der Waals surface area (Å²) >= 11 is 0. The van der Waals surface area contributed by atoms with E-state index in [1.165, 1.54) is 0 Å². The van der Waals surface area contributed by atoms with Gasteiger partial charge in [0.15, 0.2) is 5.96 Å². The van der Waals surface area contributed by atoms with Gasteiger partial charge in [-0.25, -0.2) is 0 Å². The van der Waals surface area contributed by atoms with E-state index in [1.54, 1.807) is 0 Å². The third-order valence-corrected chi connectivity index (χ3v) is 6.74. The van der Waals surface area contributed by atoms with Crippen molar-refractivity contribution in [1.82, 2.24) is 15.5 Å². The molecular formula is C18H35IN4O2S. The van der Waals surface area contributed by atoms with Crippen LogP contribution in [0.5, 0.6) is 0 Å². The molecule has 2 N–H and O–H groups in total. The van der Waals surface area contributed by atoms with E-state index >= 15 is 0 Å². The molecule has 1 saturated heterocycles. The minimum Gasteiger partial charge on any atom is -0.357 e. The van der Waals surface area contributed by atoms with Crippen LogP contribution >= 0.6 is 24.0 Å². The summed E-state index contributed by atoms with van der Waals surface area (Å²) in [5.74, 6) is 1.88. The lowest BCUT2D eigenvalue weighted by Crippen LogP contribution is -2.46. The predicted molar refractivity (Wildman–Crippen MR) is 120 cm³/mol. The number of rotatable bonds is 8. The molecule has 0 aromatic heterocycles. The van der Waals surface area contributed by atoms with Gasteiger partial charge in [-0.2, -0.15) is 0 Å². The zero-order chi connectivity index (χ0) is 18.1. The van der Waals surface area contributed by atoms with Crippen LogP contribution in [0.1, 0.15) is 58.8 Å². The van der Waals surface area contributed by atoms with Crippen LogP contribution in [-0.4, -0.2) is 64.2 Å². The van der Waals surface area contributed by atoms with Crippen molar-refractivity contribution in [2.24, 2.45) is 4.99 Å². The SMILES string of the molecule is CCNC(=NCCCN1CCCC1=O)NC1CCCC(S(=O)CC)C1.I. The lowest BCUT2D eigenvalue weighted by molar-refractivity contribution is -0.127. The molecule has 8 heteroatoms. The Morgan fingerprint density at radius 3 is 2.77 bits per heavy atom. The van der Waals surface area contributed by atoms with Crippen LogP contribution in [0.4, 0.5) is 0 Å². The normalized spacial score (nSPS) is 24.9. The number of guanidine groups is 1. The van der Waals surface area contributed by atoms with Crippen molar-refractivity contribution in [3.63, 3.8) is 0 Å². The number of aliphatic imine (C=N–C) groups is 1. The van der Waals surface area contributed by atoms with Gasteiger partial charge in [-0.3, -0.25) is 14.0 Å². The number of likely N-dealkylation sites (tertiary alicyclic amines) is 1. The Morgan fingerprint density at radius 1 is 1.31 bits per heavy atom. The first-order chi connectivity index (χ1) is 12.1. The van der Waals surface area contributed by atoms with Gasteiger partial charge in [-0.1, -0.05) is 13.3 Å². The largest absolute Gasteiger partial charge is 0.357 e. The molecule has 26 heavy (non-hydrogen) atoms. The summed E-state index contributed by atoms with van der Waals surface area (Å²) in [6.45, 7) is 7.32. The summed E-state index contributed by atoms with van der Waals surface area (Å²) in [6, 6.07) is 0.354. The molecular weight excluding hydrogens is 463 g/mol. The highest BCUT2D eigenvalue weighted by molar-refractivity contribution is 14.0. The van der Waals surface area contributed by atoms with Crippen LogP contribution in [0.25, 0.3) is 0 Å². The molecule has 1 saturated carbocycles. The number of nitrogens with zero attached hydrogens (tertiary/aromatic N) is 2. The molecule has 0 aromatic carbocycles. The van der Waals surface area contributed by atoms with Crippen LogP contribution in [0.3, 0.4) is 0 Å². The second kappa shape index (κ2) is 12.9. The Hall–Kier alpha value is -0.380. The molecule has 0 radical (unpaired) electrons. The van der Waals surface area contributed by atoms with Crippen molar-refractivity contribution in [2.45, 2.75) is 70.1 Å². The maximum Gasteiger partial charge on any atom is 0.222 e. The quantitative estimate of drug-likeness (QED) is 0.233. The minimum atomic E-state index is -0.702. The van der Waals surface area contributed by atoms with Gasteiger partial charge in [-0.05, 0) is 39.0 Å². The van der Waals surface area contributed by atoms with Crippen LogP contribution < -0.4 is 10.6 Å². The molecule has 1 aliphatic carbocycles. The molecule has 2 aliphatic rings. The zero-order valence-electron chi connectivity index (χ0n) is 16.2. The topological polar surface area (TPSA) is 73.8 Å². The van der Waals surface area contributed by atoms with Gasteiger partial charge in [0.1, 0.15) is 0 Å². The van der Waals surface area contributed by atoms with Crippen molar-refractivity contribution >= 4 is 46.6 Å². The molecule has 152 valence electrons. The number of halogens is 1. The fourth-order valence-electron chi connectivity index (χ4n) is 3.66. The van der Waals surface area contributed by atoms with E-state index in [0.717, 1.165) is 76.4 Å². The molecule has 0 aromatic rings. The number of carbonyl (C=O) groups excluding carboxylic acids is 1. The fourth-order valence-corrected chi connectivity index (χ4v) is 5.00. The van der Waals surface area contributed by atoms with E-state index in [2.05, 4.69) is 22.5 Å². The maximum absolute atomic E-state index is 12.1. The van der Waals surface area contributed by atoms with Crippen molar-refractivity contribution in [3.05, 3.63) is 0 Å². The Morgan fingerprint density at radius 2 is 2.12 bits per heavy atom. The van der Waals surface area contributed by atoms with Crippen LogP contribution in [-0.2, 0) is 15.6 Å². The highest BCUT2D eigenvalue weighted by Crippen LogP contribution is 2.23. The monoisotopic (exact) mass is 498 g/mol. The lowest BCUT2D eigenvalue weighted by atomic mass is 9.95. The van der Waals surface area contributed by atoms with E-state index in [-0.39, 0.29) is 29.9 Å². The van der Waals surface area contributed by atoms with Crippen LogP contribution in [0.2, 0.25) is 0 Å². The van der Waals surface area contributed by atoms with Crippen LogP contribution in [0.15, 0.2) is 4.99 Å². The Balaban J connectivity index is 0.00000338. The standard InChI is InChI=1S/C18H34N4O2S.HI/c1-3-19-18(20-11-7-13-22-12-6-10-17(22)23)21-15-8-5-9-16(14-15)25(24)4-2;/h15-16H,3-14H2,1-2H3,(H2,19,20,21);1H. The molecule has 1 heterocycles. The third-order valence-electron chi connectivity index (χ3n) is 4.99. The molecule has 0 bridgehead atoms. The second-order valence-electron chi connectivity index (χ2n) is 6.90. The summed E-state index contributed by atoms with van der Waals surface area (Å²) < 4.78 is 12.1. The van der Waals surface area contributed by atoms with Gasteiger partial charge in [0.05, 0.1) is 0 Å². The van der Waals surface area contributed by atoms with E-state index in [9.17, 15) is 9.00 Å². The number of amides is 1. The molecule has 1 amide bonds. The highest BCUT2D eigenvalue weighted by Gasteiger charge is 2.26. The van der Waals surface area contributed by atoms with E-state index in [4.69, 9.17) is 0 Å². The summed E-state index contributed by atoms with van der Waals surface area (Å²) in [7, 11) is -0.702.